The summed E-state index contributed by atoms with van der Waals surface area (Å²) >= 11 is 5.63. The van der Waals surface area contributed by atoms with Crippen LogP contribution in [0.1, 0.15) is 25.7 Å². The fourth-order valence-corrected chi connectivity index (χ4v) is 7.53. The van der Waals surface area contributed by atoms with Crippen molar-refractivity contribution >= 4 is 52.4 Å². The first-order chi connectivity index (χ1) is 34.6. The normalized spacial score (nSPS) is 18.8. The molecule has 6 heterocycles. The highest BCUT2D eigenvalue weighted by atomic mass is 35.5. The molecule has 0 radical (unpaired) electrons. The third-order valence-electron chi connectivity index (χ3n) is 10.8. The van der Waals surface area contributed by atoms with Crippen molar-refractivity contribution in [3.63, 3.8) is 0 Å². The maximum absolute atomic E-state index is 14.5. The molecule has 0 bridgehead atoms. The minimum absolute atomic E-state index is 0.0151. The predicted octanol–water partition coefficient (Wildman–Crippen LogP) is 5.68. The molecule has 2 unspecified atom stereocenters. The fourth-order valence-electron chi connectivity index (χ4n) is 7.40. The average Bonchev–Trinajstić information content (AvgIpc) is 3.37. The number of nitrogens with zero attached hydrogens (tertiary/aromatic N) is 6. The van der Waals surface area contributed by atoms with Crippen LogP contribution >= 0.6 is 11.6 Å². The van der Waals surface area contributed by atoms with E-state index >= 15 is 0 Å². The van der Waals surface area contributed by atoms with Crippen molar-refractivity contribution in [3.8, 4) is 23.0 Å². The number of aromatic nitrogens is 4. The molecule has 0 spiro atoms. The van der Waals surface area contributed by atoms with Crippen molar-refractivity contribution in [1.29, 1.82) is 0 Å². The Morgan fingerprint density at radius 3 is 1.61 bits per heavy atom. The summed E-state index contributed by atoms with van der Waals surface area (Å²) in [5.74, 6) is 1.42. The Hall–Kier alpha value is -6.59. The van der Waals surface area contributed by atoms with Crippen LogP contribution in [-0.2, 0) is 28.5 Å². The molecule has 0 saturated carbocycles. The average molecular weight is 1010 g/mol. The van der Waals surface area contributed by atoms with E-state index in [0.29, 0.717) is 140 Å². The second kappa shape index (κ2) is 28.9. The summed E-state index contributed by atoms with van der Waals surface area (Å²) in [5.41, 5.74) is 7.00. The van der Waals surface area contributed by atoms with Crippen LogP contribution in [0.3, 0.4) is 0 Å². The van der Waals surface area contributed by atoms with Crippen LogP contribution in [0.5, 0.6) is 23.0 Å². The Morgan fingerprint density at radius 1 is 0.634 bits per heavy atom. The van der Waals surface area contributed by atoms with Crippen molar-refractivity contribution in [3.05, 3.63) is 91.0 Å². The van der Waals surface area contributed by atoms with Gasteiger partial charge in [0.1, 0.15) is 26.4 Å². The number of likely N-dealkylation sites (tertiary alicyclic amines) is 2. The molecular formula is C48H61ClF2N10O10. The van der Waals surface area contributed by atoms with Crippen LogP contribution in [0.15, 0.2) is 74.1 Å². The predicted molar refractivity (Wildman–Crippen MR) is 262 cm³/mol. The summed E-state index contributed by atoms with van der Waals surface area (Å²) in [6, 6.07) is 10.5. The smallest absolute Gasteiger partial charge is 0.246 e. The van der Waals surface area contributed by atoms with E-state index in [4.69, 9.17) is 55.2 Å². The Morgan fingerprint density at radius 2 is 1.08 bits per heavy atom. The van der Waals surface area contributed by atoms with Gasteiger partial charge < -0.3 is 69.4 Å². The van der Waals surface area contributed by atoms with Gasteiger partial charge in [0.15, 0.2) is 46.3 Å². The number of carbonyl (C=O) groups is 2. The second-order valence-corrected chi connectivity index (χ2v) is 16.3. The van der Waals surface area contributed by atoms with Crippen LogP contribution in [0.25, 0.3) is 0 Å². The Kier molecular flexibility index (Phi) is 21.9. The highest BCUT2D eigenvalue weighted by Gasteiger charge is 2.25. The molecule has 384 valence electrons. The van der Waals surface area contributed by atoms with Gasteiger partial charge in [-0.3, -0.25) is 9.59 Å². The van der Waals surface area contributed by atoms with Gasteiger partial charge in [-0.15, -0.1) is 0 Å². The summed E-state index contributed by atoms with van der Waals surface area (Å²) in [4.78, 5) is 42.6. The summed E-state index contributed by atoms with van der Waals surface area (Å²) in [6.45, 7) is 15.1. The van der Waals surface area contributed by atoms with Crippen LogP contribution in [-0.4, -0.2) is 159 Å². The molecular weight excluding hydrogens is 950 g/mol. The lowest BCUT2D eigenvalue weighted by molar-refractivity contribution is -0.127. The SMILES string of the molecule is C=CC(=O)N1CCCC(Nc2nc(Cl)ncc2F)C1.C=CC(=O)N1CCCC(Nc2nc(Nc3ccc4c(c3)OCCOCCOCCO4)ncc2F)C1.Nc1ccc2c(c1)OCCOCCOCCO2. The standard InChI is InChI=1S/C24H30FN5O5.C12H14ClFN4O.C12H17NO4/c1-2-22(31)30-7-3-4-18(16-30)27-23-19(25)15-26-24(29-23)28-17-5-6-20-21(14-17)35-13-11-33-9-8-32-10-12-34-20;1-2-10(19)18-5-3-4-8(7-18)16-11-9(14)6-15-12(13)17-11;13-10-1-2-11-12(9-10)17-8-6-15-4-3-14-5-7-16-11/h2,5-6,14-15,18H,1,3-4,7-13,16H2,(H2,26,27,28,29);2,6,8H,1,3-5,7H2,(H,15,16,17);1-2,9H,3-8,13H2. The van der Waals surface area contributed by atoms with Gasteiger partial charge in [0.05, 0.1) is 65.2 Å². The molecule has 23 heteroatoms. The van der Waals surface area contributed by atoms with Gasteiger partial charge in [0.2, 0.25) is 23.0 Å². The van der Waals surface area contributed by atoms with E-state index in [2.05, 4.69) is 49.0 Å². The molecule has 8 rings (SSSR count). The van der Waals surface area contributed by atoms with Gasteiger partial charge in [-0.1, -0.05) is 13.2 Å². The monoisotopic (exact) mass is 1010 g/mol. The maximum Gasteiger partial charge on any atom is 0.246 e. The van der Waals surface area contributed by atoms with E-state index in [-0.39, 0.29) is 46.8 Å². The summed E-state index contributed by atoms with van der Waals surface area (Å²) in [6.07, 6.45) is 7.99. The number of fused-ring (bicyclic) bond motifs is 2. The number of benzene rings is 2. The molecule has 2 aromatic heterocycles. The van der Waals surface area contributed by atoms with Crippen molar-refractivity contribution in [1.82, 2.24) is 29.7 Å². The van der Waals surface area contributed by atoms with Crippen LogP contribution in [0.4, 0.5) is 37.7 Å². The van der Waals surface area contributed by atoms with Crippen LogP contribution in [0, 0.1) is 11.6 Å². The zero-order valence-electron chi connectivity index (χ0n) is 39.5. The molecule has 2 saturated heterocycles. The molecule has 5 N–H and O–H groups in total. The van der Waals surface area contributed by atoms with Gasteiger partial charge in [0, 0.05) is 61.8 Å². The number of nitrogens with one attached hydrogen (secondary N) is 3. The molecule has 4 aliphatic heterocycles. The maximum atomic E-state index is 14.5. The van der Waals surface area contributed by atoms with E-state index in [1.54, 1.807) is 46.2 Å². The van der Waals surface area contributed by atoms with Crippen molar-refractivity contribution < 1.29 is 56.3 Å². The van der Waals surface area contributed by atoms with E-state index in [9.17, 15) is 18.4 Å². The fraction of sp³-hybridized carbons (Fsp3) is 0.458. The Labute approximate surface area is 416 Å². The number of hydrogen-bond acceptors (Lipinski definition) is 18. The lowest BCUT2D eigenvalue weighted by Crippen LogP contribution is -2.44. The Balaban J connectivity index is 0.000000193. The summed E-state index contributed by atoms with van der Waals surface area (Å²) in [5, 5.41) is 9.14. The number of carbonyl (C=O) groups excluding carboxylic acids is 2. The third kappa shape index (κ3) is 18.0. The molecule has 2 atom stereocenters. The number of piperidine rings is 2. The number of nitrogens with two attached hydrogens (primary N) is 1. The lowest BCUT2D eigenvalue weighted by atomic mass is 10.1. The van der Waals surface area contributed by atoms with Crippen LogP contribution < -0.4 is 40.6 Å². The van der Waals surface area contributed by atoms with Crippen molar-refractivity contribution in [2.45, 2.75) is 37.8 Å². The largest absolute Gasteiger partial charge is 0.487 e. The minimum atomic E-state index is -0.570. The number of rotatable bonds is 8. The summed E-state index contributed by atoms with van der Waals surface area (Å²) < 4.78 is 72.3. The topological polar surface area (TPSA) is 228 Å². The quantitative estimate of drug-likeness (QED) is 0.0945. The molecule has 4 aromatic rings. The zero-order valence-corrected chi connectivity index (χ0v) is 40.2. The van der Waals surface area contributed by atoms with Crippen molar-refractivity contribution in [2.24, 2.45) is 0 Å². The highest BCUT2D eigenvalue weighted by Crippen LogP contribution is 2.32. The molecule has 2 aromatic carbocycles. The molecule has 2 fully saturated rings. The Bertz CT molecular complexity index is 2360. The second-order valence-electron chi connectivity index (χ2n) is 16.0. The number of anilines is 5. The molecule has 71 heavy (non-hydrogen) atoms. The molecule has 2 amide bonds. The van der Waals surface area contributed by atoms with Gasteiger partial charge in [-0.25, -0.2) is 18.7 Å². The van der Waals surface area contributed by atoms with E-state index in [1.165, 1.54) is 12.2 Å². The lowest BCUT2D eigenvalue weighted by Gasteiger charge is -2.32. The first kappa shape index (κ1) is 53.8. The molecule has 20 nitrogen and oxygen atoms in total. The van der Waals surface area contributed by atoms with E-state index < -0.39 is 11.6 Å². The number of ether oxygens (including phenoxy) is 8. The minimum Gasteiger partial charge on any atom is -0.487 e. The first-order valence-electron chi connectivity index (χ1n) is 23.3. The number of halogens is 3. The van der Waals surface area contributed by atoms with Gasteiger partial charge in [-0.2, -0.15) is 9.97 Å². The van der Waals surface area contributed by atoms with Gasteiger partial charge in [0.25, 0.3) is 0 Å². The first-order valence-corrected chi connectivity index (χ1v) is 23.7. The van der Waals surface area contributed by atoms with Gasteiger partial charge >= 0.3 is 0 Å². The van der Waals surface area contributed by atoms with Crippen molar-refractivity contribution in [2.75, 3.05) is 127 Å². The van der Waals surface area contributed by atoms with E-state index in [0.717, 1.165) is 38.1 Å². The number of nitrogen functional groups attached to an aromatic ring is 1. The highest BCUT2D eigenvalue weighted by molar-refractivity contribution is 6.28. The third-order valence-corrected chi connectivity index (χ3v) is 11.0. The number of amides is 2. The summed E-state index contributed by atoms with van der Waals surface area (Å²) in [7, 11) is 0. The molecule has 4 aliphatic rings. The number of hydrogen-bond donors (Lipinski definition) is 4. The zero-order chi connectivity index (χ0) is 50.2. The molecule has 0 aliphatic carbocycles. The van der Waals surface area contributed by atoms with E-state index in [1.807, 2.05) is 0 Å². The van der Waals surface area contributed by atoms with Crippen LogP contribution in [0.2, 0.25) is 5.28 Å². The van der Waals surface area contributed by atoms with Gasteiger partial charge in [-0.05, 0) is 73.7 Å².